The van der Waals surface area contributed by atoms with Gasteiger partial charge in [0.2, 0.25) is 0 Å². The van der Waals surface area contributed by atoms with Crippen molar-refractivity contribution in [3.8, 4) is 0 Å². The number of hydrogen-bond acceptors (Lipinski definition) is 4. The van der Waals surface area contributed by atoms with Crippen LogP contribution in [-0.2, 0) is 0 Å². The molecule has 2 rings (SSSR count). The summed E-state index contributed by atoms with van der Waals surface area (Å²) in [5.41, 5.74) is 0.585. The molecule has 100 valence electrons. The molecule has 1 aliphatic rings. The van der Waals surface area contributed by atoms with Crippen LogP contribution < -0.4 is 10.6 Å². The Morgan fingerprint density at radius 3 is 2.67 bits per heavy atom. The minimum absolute atomic E-state index is 0. The van der Waals surface area contributed by atoms with E-state index in [1.807, 2.05) is 0 Å². The average Bonchev–Trinajstić information content (AvgIpc) is 2.30. The third-order valence-corrected chi connectivity index (χ3v) is 3.09. The molecule has 0 bridgehead atoms. The van der Waals surface area contributed by atoms with Gasteiger partial charge < -0.3 is 10.6 Å². The first-order valence-corrected chi connectivity index (χ1v) is 5.96. The quantitative estimate of drug-likeness (QED) is 0.658. The van der Waals surface area contributed by atoms with Gasteiger partial charge in [-0.1, -0.05) is 11.6 Å². The lowest BCUT2D eigenvalue weighted by Gasteiger charge is -2.24. The number of benzene rings is 1. The lowest BCUT2D eigenvalue weighted by Crippen LogP contribution is -2.35. The minimum atomic E-state index is -0.389. The highest BCUT2D eigenvalue weighted by molar-refractivity contribution is 8.93. The van der Waals surface area contributed by atoms with Crippen LogP contribution in [0.25, 0.3) is 0 Å². The monoisotopic (exact) mass is 335 g/mol. The van der Waals surface area contributed by atoms with Crippen molar-refractivity contribution < 1.29 is 4.92 Å². The van der Waals surface area contributed by atoms with Crippen LogP contribution in [0.1, 0.15) is 12.8 Å². The molecule has 0 atom stereocenters. The van der Waals surface area contributed by atoms with Gasteiger partial charge in [-0.05, 0) is 38.1 Å². The van der Waals surface area contributed by atoms with Gasteiger partial charge in [0.1, 0.15) is 5.69 Å². The molecule has 1 fully saturated rings. The van der Waals surface area contributed by atoms with Crippen molar-refractivity contribution in [3.05, 3.63) is 33.3 Å². The summed E-state index contributed by atoms with van der Waals surface area (Å²) in [6.07, 6.45) is 1.92. The number of nitro benzene ring substituents is 1. The fourth-order valence-corrected chi connectivity index (χ4v) is 2.14. The molecule has 0 radical (unpaired) electrons. The van der Waals surface area contributed by atoms with E-state index in [4.69, 9.17) is 11.6 Å². The van der Waals surface area contributed by atoms with Gasteiger partial charge in [-0.15, -0.1) is 17.0 Å². The van der Waals surface area contributed by atoms with E-state index in [0.717, 1.165) is 25.9 Å². The van der Waals surface area contributed by atoms with Crippen molar-refractivity contribution in [1.82, 2.24) is 5.32 Å². The lowest BCUT2D eigenvalue weighted by molar-refractivity contribution is -0.384. The van der Waals surface area contributed by atoms with Gasteiger partial charge in [-0.25, -0.2) is 0 Å². The maximum absolute atomic E-state index is 10.9. The van der Waals surface area contributed by atoms with Crippen LogP contribution >= 0.6 is 28.6 Å². The molecule has 0 spiro atoms. The summed E-state index contributed by atoms with van der Waals surface area (Å²) in [4.78, 5) is 10.5. The van der Waals surface area contributed by atoms with Crippen molar-refractivity contribution in [2.45, 2.75) is 18.9 Å². The van der Waals surface area contributed by atoms with Gasteiger partial charge in [0.15, 0.2) is 0 Å². The largest absolute Gasteiger partial charge is 0.377 e. The Morgan fingerprint density at radius 1 is 1.39 bits per heavy atom. The van der Waals surface area contributed by atoms with Gasteiger partial charge in [0, 0.05) is 17.1 Å². The zero-order chi connectivity index (χ0) is 12.3. The number of hydrogen-bond donors (Lipinski definition) is 2. The first kappa shape index (κ1) is 15.2. The molecule has 5 nitrogen and oxygen atoms in total. The zero-order valence-corrected chi connectivity index (χ0v) is 12.2. The standard InChI is InChI=1S/C11H14ClN3O2.BrH/c12-8-1-2-11(15(16)17)10(7-8)14-9-3-5-13-6-4-9;/h1-2,7,9,13-14H,3-6H2;1H. The molecular weight excluding hydrogens is 321 g/mol. The van der Waals surface area contributed by atoms with Crippen LogP contribution in [0.3, 0.4) is 0 Å². The molecule has 1 heterocycles. The van der Waals surface area contributed by atoms with Crippen molar-refractivity contribution in [2.24, 2.45) is 0 Å². The van der Waals surface area contributed by atoms with E-state index < -0.39 is 0 Å². The fourth-order valence-electron chi connectivity index (χ4n) is 1.97. The summed E-state index contributed by atoms with van der Waals surface area (Å²) < 4.78 is 0. The normalized spacial score (nSPS) is 15.8. The molecule has 1 aromatic rings. The number of rotatable bonds is 3. The molecule has 0 unspecified atom stereocenters. The molecule has 0 aliphatic carbocycles. The van der Waals surface area contributed by atoms with Crippen LogP contribution in [0.15, 0.2) is 18.2 Å². The average molecular weight is 337 g/mol. The van der Waals surface area contributed by atoms with Crippen LogP contribution in [0.2, 0.25) is 5.02 Å². The van der Waals surface area contributed by atoms with Crippen LogP contribution in [0.5, 0.6) is 0 Å². The topological polar surface area (TPSA) is 67.2 Å². The first-order valence-electron chi connectivity index (χ1n) is 5.58. The maximum atomic E-state index is 10.9. The number of anilines is 1. The summed E-state index contributed by atoms with van der Waals surface area (Å²) >= 11 is 5.86. The van der Waals surface area contributed by atoms with Crippen LogP contribution in [-0.4, -0.2) is 24.1 Å². The van der Waals surface area contributed by atoms with E-state index in [2.05, 4.69) is 10.6 Å². The van der Waals surface area contributed by atoms with E-state index >= 15 is 0 Å². The molecule has 0 saturated carbocycles. The Balaban J connectivity index is 0.00000162. The summed E-state index contributed by atoms with van der Waals surface area (Å²) in [6.45, 7) is 1.87. The number of halogens is 2. The summed E-state index contributed by atoms with van der Waals surface area (Å²) in [5.74, 6) is 0. The molecule has 1 saturated heterocycles. The number of nitrogens with zero attached hydrogens (tertiary/aromatic N) is 1. The molecule has 18 heavy (non-hydrogen) atoms. The maximum Gasteiger partial charge on any atom is 0.292 e. The van der Waals surface area contributed by atoms with Gasteiger partial charge in [0.05, 0.1) is 4.92 Å². The van der Waals surface area contributed by atoms with Crippen molar-refractivity contribution in [3.63, 3.8) is 0 Å². The van der Waals surface area contributed by atoms with Crippen LogP contribution in [0, 0.1) is 10.1 Å². The predicted octanol–water partition coefficient (Wildman–Crippen LogP) is 2.99. The number of nitro groups is 1. The third-order valence-electron chi connectivity index (χ3n) is 2.85. The molecule has 7 heteroatoms. The van der Waals surface area contributed by atoms with Gasteiger partial charge >= 0.3 is 0 Å². The second-order valence-corrected chi connectivity index (χ2v) is 4.52. The van der Waals surface area contributed by atoms with E-state index in [-0.39, 0.29) is 33.6 Å². The van der Waals surface area contributed by atoms with Gasteiger partial charge in [0.25, 0.3) is 5.69 Å². The van der Waals surface area contributed by atoms with E-state index in [1.165, 1.54) is 12.1 Å². The molecule has 1 aromatic carbocycles. The highest BCUT2D eigenvalue weighted by Crippen LogP contribution is 2.29. The second kappa shape index (κ2) is 6.92. The Bertz CT molecular complexity index is 425. The molecule has 0 amide bonds. The van der Waals surface area contributed by atoms with Crippen LogP contribution in [0.4, 0.5) is 11.4 Å². The highest BCUT2D eigenvalue weighted by atomic mass is 79.9. The second-order valence-electron chi connectivity index (χ2n) is 4.09. The molecule has 2 N–H and O–H groups in total. The van der Waals surface area contributed by atoms with Gasteiger partial charge in [-0.2, -0.15) is 0 Å². The van der Waals surface area contributed by atoms with Gasteiger partial charge in [-0.3, -0.25) is 10.1 Å². The van der Waals surface area contributed by atoms with E-state index in [1.54, 1.807) is 6.07 Å². The summed E-state index contributed by atoms with van der Waals surface area (Å²) in [5, 5.41) is 17.8. The van der Waals surface area contributed by atoms with Crippen molar-refractivity contribution in [1.29, 1.82) is 0 Å². The highest BCUT2D eigenvalue weighted by Gasteiger charge is 2.18. The summed E-state index contributed by atoms with van der Waals surface area (Å²) in [6, 6.07) is 4.86. The van der Waals surface area contributed by atoms with E-state index in [0.29, 0.717) is 10.7 Å². The fraction of sp³-hybridized carbons (Fsp3) is 0.455. The Labute approximate surface area is 121 Å². The predicted molar refractivity (Wildman–Crippen MR) is 77.9 cm³/mol. The van der Waals surface area contributed by atoms with Crippen molar-refractivity contribution in [2.75, 3.05) is 18.4 Å². The lowest BCUT2D eigenvalue weighted by atomic mass is 10.1. The smallest absolute Gasteiger partial charge is 0.292 e. The Kier molecular flexibility index (Phi) is 5.84. The zero-order valence-electron chi connectivity index (χ0n) is 9.69. The number of nitrogens with one attached hydrogen (secondary N) is 2. The van der Waals surface area contributed by atoms with Crippen molar-refractivity contribution >= 4 is 40.0 Å². The SMILES string of the molecule is Br.O=[N+]([O-])c1ccc(Cl)cc1NC1CCNCC1. The molecular formula is C11H15BrClN3O2. The van der Waals surface area contributed by atoms with E-state index in [9.17, 15) is 10.1 Å². The number of piperidine rings is 1. The minimum Gasteiger partial charge on any atom is -0.377 e. The Hall–Kier alpha value is -0.850. The third kappa shape index (κ3) is 3.83. The summed E-state index contributed by atoms with van der Waals surface area (Å²) in [7, 11) is 0. The Morgan fingerprint density at radius 2 is 2.06 bits per heavy atom. The first-order chi connectivity index (χ1) is 8.16. The molecule has 0 aromatic heterocycles. The molecule has 1 aliphatic heterocycles.